The van der Waals surface area contributed by atoms with Gasteiger partial charge in [-0.3, -0.25) is 0 Å². The topological polar surface area (TPSA) is 3.24 Å². The third-order valence-corrected chi connectivity index (χ3v) is 2.04. The summed E-state index contributed by atoms with van der Waals surface area (Å²) >= 11 is 0. The van der Waals surface area contributed by atoms with Gasteiger partial charge in [-0.2, -0.15) is 0 Å². The molecule has 0 spiro atoms. The van der Waals surface area contributed by atoms with E-state index >= 15 is 0 Å². The van der Waals surface area contributed by atoms with Crippen LogP contribution < -0.4 is 0 Å². The molecule has 1 saturated heterocycles. The minimum Gasteiger partial charge on any atom is -0.303 e. The highest BCUT2D eigenvalue weighted by Gasteiger charge is 2.11. The monoisotopic (exact) mass is 145 g/mol. The van der Waals surface area contributed by atoms with Crippen LogP contribution in [0.5, 0.6) is 0 Å². The van der Waals surface area contributed by atoms with E-state index in [-0.39, 0.29) is 0 Å². The summed E-state index contributed by atoms with van der Waals surface area (Å²) in [5, 5.41) is 0. The van der Waals surface area contributed by atoms with Crippen LogP contribution in [-0.2, 0) is 0 Å². The molecule has 1 aliphatic heterocycles. The summed E-state index contributed by atoms with van der Waals surface area (Å²) in [7, 11) is 0. The Morgan fingerprint density at radius 1 is 1.40 bits per heavy atom. The van der Waals surface area contributed by atoms with Crippen LogP contribution >= 0.6 is 0 Å². The van der Waals surface area contributed by atoms with Gasteiger partial charge >= 0.3 is 0 Å². The summed E-state index contributed by atoms with van der Waals surface area (Å²) in [5.41, 5.74) is 0. The van der Waals surface area contributed by atoms with E-state index in [1.165, 1.54) is 25.9 Å². The summed E-state index contributed by atoms with van der Waals surface area (Å²) < 4.78 is 12.3. The molecule has 0 aromatic rings. The van der Waals surface area contributed by atoms with E-state index in [0.29, 0.717) is 6.42 Å². The van der Waals surface area contributed by atoms with E-state index in [0.717, 1.165) is 6.54 Å². The molecule has 1 atom stereocenters. The quantitative estimate of drug-likeness (QED) is 0.585. The van der Waals surface area contributed by atoms with Gasteiger partial charge < -0.3 is 4.90 Å². The van der Waals surface area contributed by atoms with Gasteiger partial charge in [0.05, 0.1) is 6.17 Å². The largest absolute Gasteiger partial charge is 0.303 e. The van der Waals surface area contributed by atoms with Crippen molar-refractivity contribution in [1.82, 2.24) is 4.90 Å². The molecule has 1 unspecified atom stereocenters. The van der Waals surface area contributed by atoms with Crippen molar-refractivity contribution < 1.29 is 4.39 Å². The SMILES string of the molecule is CC(F)CCN1CCCC1. The third-order valence-electron chi connectivity index (χ3n) is 2.04. The zero-order chi connectivity index (χ0) is 7.40. The highest BCUT2D eigenvalue weighted by atomic mass is 19.1. The molecule has 0 bridgehead atoms. The van der Waals surface area contributed by atoms with E-state index in [1.807, 2.05) is 0 Å². The van der Waals surface area contributed by atoms with Crippen molar-refractivity contribution in [2.75, 3.05) is 19.6 Å². The Bertz CT molecular complexity index is 87.3. The number of rotatable bonds is 3. The van der Waals surface area contributed by atoms with Gasteiger partial charge in [0.25, 0.3) is 0 Å². The highest BCUT2D eigenvalue weighted by molar-refractivity contribution is 4.66. The second-order valence-corrected chi connectivity index (χ2v) is 3.12. The fourth-order valence-electron chi connectivity index (χ4n) is 1.37. The van der Waals surface area contributed by atoms with Crippen molar-refractivity contribution >= 4 is 0 Å². The second kappa shape index (κ2) is 3.91. The van der Waals surface area contributed by atoms with Gasteiger partial charge in [-0.05, 0) is 39.3 Å². The third kappa shape index (κ3) is 2.65. The van der Waals surface area contributed by atoms with E-state index in [4.69, 9.17) is 0 Å². The summed E-state index contributed by atoms with van der Waals surface area (Å²) in [6.07, 6.45) is 2.70. The van der Waals surface area contributed by atoms with Crippen LogP contribution in [0.3, 0.4) is 0 Å². The first-order valence-electron chi connectivity index (χ1n) is 4.15. The van der Waals surface area contributed by atoms with Gasteiger partial charge in [-0.1, -0.05) is 0 Å². The maximum Gasteiger partial charge on any atom is 0.0985 e. The zero-order valence-corrected chi connectivity index (χ0v) is 6.65. The lowest BCUT2D eigenvalue weighted by molar-refractivity contribution is 0.266. The second-order valence-electron chi connectivity index (χ2n) is 3.12. The molecule has 60 valence electrons. The lowest BCUT2D eigenvalue weighted by atomic mass is 10.3. The van der Waals surface area contributed by atoms with Gasteiger partial charge in [0, 0.05) is 6.54 Å². The molecule has 1 aliphatic rings. The van der Waals surface area contributed by atoms with Crippen LogP contribution in [-0.4, -0.2) is 30.7 Å². The molecule has 10 heavy (non-hydrogen) atoms. The van der Waals surface area contributed by atoms with Gasteiger partial charge in [-0.25, -0.2) is 4.39 Å². The minimum atomic E-state index is -0.624. The van der Waals surface area contributed by atoms with E-state index in [9.17, 15) is 4.39 Å². The first-order valence-corrected chi connectivity index (χ1v) is 4.15. The Morgan fingerprint density at radius 2 is 2.00 bits per heavy atom. The Morgan fingerprint density at radius 3 is 2.50 bits per heavy atom. The highest BCUT2D eigenvalue weighted by Crippen LogP contribution is 2.08. The molecule has 0 radical (unpaired) electrons. The first kappa shape index (κ1) is 7.99. The molecular formula is C8H16FN. The summed E-state index contributed by atoms with van der Waals surface area (Å²) in [6, 6.07) is 0. The van der Waals surface area contributed by atoms with Gasteiger partial charge in [0.15, 0.2) is 0 Å². The van der Waals surface area contributed by atoms with Crippen molar-refractivity contribution in [1.29, 1.82) is 0 Å². The van der Waals surface area contributed by atoms with Crippen LogP contribution in [0.2, 0.25) is 0 Å². The van der Waals surface area contributed by atoms with E-state index in [2.05, 4.69) is 4.90 Å². The van der Waals surface area contributed by atoms with Crippen molar-refractivity contribution in [3.05, 3.63) is 0 Å². The average Bonchev–Trinajstić information content (AvgIpc) is 2.34. The number of nitrogens with zero attached hydrogens (tertiary/aromatic N) is 1. The lowest BCUT2D eigenvalue weighted by Crippen LogP contribution is -2.22. The standard InChI is InChI=1S/C8H16FN/c1-8(9)4-7-10-5-2-3-6-10/h8H,2-7H2,1H3. The number of hydrogen-bond donors (Lipinski definition) is 0. The molecule has 2 heteroatoms. The molecule has 0 aliphatic carbocycles. The maximum atomic E-state index is 12.3. The average molecular weight is 145 g/mol. The molecule has 0 aromatic carbocycles. The van der Waals surface area contributed by atoms with Crippen molar-refractivity contribution in [2.24, 2.45) is 0 Å². The molecule has 0 aromatic heterocycles. The number of alkyl halides is 1. The van der Waals surface area contributed by atoms with Crippen molar-refractivity contribution in [3.63, 3.8) is 0 Å². The molecule has 1 nitrogen and oxygen atoms in total. The number of halogens is 1. The Balaban J connectivity index is 2.01. The van der Waals surface area contributed by atoms with Crippen LogP contribution in [0.15, 0.2) is 0 Å². The Hall–Kier alpha value is -0.110. The Kier molecular flexibility index (Phi) is 3.13. The fourth-order valence-corrected chi connectivity index (χ4v) is 1.37. The van der Waals surface area contributed by atoms with Gasteiger partial charge in [-0.15, -0.1) is 0 Å². The molecule has 0 amide bonds. The molecular weight excluding hydrogens is 129 g/mol. The lowest BCUT2D eigenvalue weighted by Gasteiger charge is -2.13. The first-order chi connectivity index (χ1) is 4.79. The van der Waals surface area contributed by atoms with Crippen LogP contribution in [0.1, 0.15) is 26.2 Å². The van der Waals surface area contributed by atoms with Crippen molar-refractivity contribution in [3.8, 4) is 0 Å². The molecule has 0 N–H and O–H groups in total. The molecule has 0 saturated carbocycles. The summed E-state index contributed by atoms with van der Waals surface area (Å²) in [5.74, 6) is 0. The van der Waals surface area contributed by atoms with Crippen molar-refractivity contribution in [2.45, 2.75) is 32.4 Å². The summed E-state index contributed by atoms with van der Waals surface area (Å²) in [4.78, 5) is 2.34. The van der Waals surface area contributed by atoms with E-state index < -0.39 is 6.17 Å². The Labute approximate surface area is 62.2 Å². The predicted octanol–water partition coefficient (Wildman–Crippen LogP) is 1.83. The number of hydrogen-bond acceptors (Lipinski definition) is 1. The van der Waals surface area contributed by atoms with E-state index in [1.54, 1.807) is 6.92 Å². The number of likely N-dealkylation sites (tertiary alicyclic amines) is 1. The normalized spacial score (nSPS) is 23.4. The molecule has 1 rings (SSSR count). The minimum absolute atomic E-state index is 0.624. The summed E-state index contributed by atoms with van der Waals surface area (Å²) in [6.45, 7) is 4.97. The van der Waals surface area contributed by atoms with Crippen LogP contribution in [0, 0.1) is 0 Å². The van der Waals surface area contributed by atoms with Gasteiger partial charge in [0.2, 0.25) is 0 Å². The van der Waals surface area contributed by atoms with Gasteiger partial charge in [0.1, 0.15) is 0 Å². The predicted molar refractivity (Wildman–Crippen MR) is 40.9 cm³/mol. The van der Waals surface area contributed by atoms with Crippen LogP contribution in [0.25, 0.3) is 0 Å². The zero-order valence-electron chi connectivity index (χ0n) is 6.65. The van der Waals surface area contributed by atoms with Crippen LogP contribution in [0.4, 0.5) is 4.39 Å². The molecule has 1 fully saturated rings. The smallest absolute Gasteiger partial charge is 0.0985 e. The fraction of sp³-hybridized carbons (Fsp3) is 1.00. The molecule has 1 heterocycles. The maximum absolute atomic E-state index is 12.3.